The fourth-order valence-electron chi connectivity index (χ4n) is 2.73. The van der Waals surface area contributed by atoms with Crippen LogP contribution in [0.3, 0.4) is 0 Å². The monoisotopic (exact) mass is 456 g/mol. The Hall–Kier alpha value is -3.76. The molecule has 3 N–H and O–H groups in total. The summed E-state index contributed by atoms with van der Waals surface area (Å²) in [6, 6.07) is 12.4. The molecule has 0 atom stereocenters. The zero-order valence-corrected chi connectivity index (χ0v) is 17.5. The molecule has 2 heterocycles. The molecule has 0 aliphatic rings. The lowest BCUT2D eigenvalue weighted by molar-refractivity contribution is 0.0950. The van der Waals surface area contributed by atoms with E-state index in [1.165, 1.54) is 10.9 Å². The van der Waals surface area contributed by atoms with Crippen molar-refractivity contribution in [2.24, 2.45) is 5.10 Å². The number of hydrazone groups is 1. The standard InChI is InChI=1S/C19H14Cl2N8O2/c1-10-5-7-11(8-6-10)16-15(24-28-29(16)18-17(22)26-31-27-18)19(30)25-23-9-12-13(20)3-2-4-14(12)21/h2-9H,1H3,(H2,22,26)(H,25,30)/b23-9-. The third-order valence-electron chi connectivity index (χ3n) is 4.27. The largest absolute Gasteiger partial charge is 0.378 e. The summed E-state index contributed by atoms with van der Waals surface area (Å²) in [7, 11) is 0. The molecule has 0 aliphatic heterocycles. The highest BCUT2D eigenvalue weighted by Crippen LogP contribution is 2.27. The minimum Gasteiger partial charge on any atom is -0.378 e. The quantitative estimate of drug-likeness (QED) is 0.347. The van der Waals surface area contributed by atoms with Crippen LogP contribution in [-0.4, -0.2) is 37.4 Å². The first kappa shape index (κ1) is 20.5. The minimum atomic E-state index is -0.615. The van der Waals surface area contributed by atoms with E-state index in [0.717, 1.165) is 5.56 Å². The molecule has 156 valence electrons. The Morgan fingerprint density at radius 3 is 2.52 bits per heavy atom. The third kappa shape index (κ3) is 4.11. The van der Waals surface area contributed by atoms with Gasteiger partial charge in [0.1, 0.15) is 5.69 Å². The van der Waals surface area contributed by atoms with Gasteiger partial charge in [-0.3, -0.25) is 4.79 Å². The lowest BCUT2D eigenvalue weighted by Crippen LogP contribution is -2.19. The molecule has 0 saturated heterocycles. The molecule has 4 rings (SSSR count). The Morgan fingerprint density at radius 1 is 1.16 bits per heavy atom. The highest BCUT2D eigenvalue weighted by molar-refractivity contribution is 6.38. The van der Waals surface area contributed by atoms with Gasteiger partial charge in [0.25, 0.3) is 5.91 Å². The van der Waals surface area contributed by atoms with E-state index in [-0.39, 0.29) is 17.3 Å². The maximum absolute atomic E-state index is 12.8. The first-order valence-electron chi connectivity index (χ1n) is 8.84. The summed E-state index contributed by atoms with van der Waals surface area (Å²) in [5.41, 5.74) is 10.7. The summed E-state index contributed by atoms with van der Waals surface area (Å²) >= 11 is 12.2. The van der Waals surface area contributed by atoms with Gasteiger partial charge >= 0.3 is 0 Å². The summed E-state index contributed by atoms with van der Waals surface area (Å²) in [5, 5.41) is 20.0. The van der Waals surface area contributed by atoms with E-state index in [1.54, 1.807) is 18.2 Å². The van der Waals surface area contributed by atoms with Crippen LogP contribution in [0.25, 0.3) is 17.1 Å². The molecule has 0 spiro atoms. The van der Waals surface area contributed by atoms with Gasteiger partial charge in [-0.1, -0.05) is 64.3 Å². The van der Waals surface area contributed by atoms with Crippen molar-refractivity contribution in [3.63, 3.8) is 0 Å². The number of nitrogens with two attached hydrogens (primary N) is 1. The van der Waals surface area contributed by atoms with E-state index < -0.39 is 5.91 Å². The Labute approximate surface area is 185 Å². The van der Waals surface area contributed by atoms with Crippen LogP contribution in [0, 0.1) is 6.92 Å². The summed E-state index contributed by atoms with van der Waals surface area (Å²) in [5.74, 6) is -0.513. The van der Waals surface area contributed by atoms with Crippen LogP contribution in [0.4, 0.5) is 5.82 Å². The van der Waals surface area contributed by atoms with Gasteiger partial charge < -0.3 is 5.73 Å². The second-order valence-electron chi connectivity index (χ2n) is 6.37. The number of rotatable bonds is 5. The average Bonchev–Trinajstić information content (AvgIpc) is 3.36. The molecule has 0 saturated carbocycles. The number of hydrogen-bond acceptors (Lipinski definition) is 8. The smallest absolute Gasteiger partial charge is 0.294 e. The second-order valence-corrected chi connectivity index (χ2v) is 7.19. The predicted molar refractivity (Wildman–Crippen MR) is 115 cm³/mol. The average molecular weight is 457 g/mol. The van der Waals surface area contributed by atoms with Crippen molar-refractivity contribution in [1.82, 2.24) is 30.7 Å². The van der Waals surface area contributed by atoms with Crippen LogP contribution in [0.1, 0.15) is 21.6 Å². The number of carbonyl (C=O) groups is 1. The number of nitrogen functional groups attached to an aromatic ring is 1. The lowest BCUT2D eigenvalue weighted by Gasteiger charge is -2.06. The molecule has 2 aromatic carbocycles. The fourth-order valence-corrected chi connectivity index (χ4v) is 3.23. The van der Waals surface area contributed by atoms with Crippen molar-refractivity contribution in [1.29, 1.82) is 0 Å². The number of aryl methyl sites for hydroxylation is 1. The molecule has 4 aromatic rings. The van der Waals surface area contributed by atoms with Gasteiger partial charge in [-0.05, 0) is 29.4 Å². The first-order valence-corrected chi connectivity index (χ1v) is 9.60. The van der Waals surface area contributed by atoms with E-state index in [0.29, 0.717) is 26.9 Å². The van der Waals surface area contributed by atoms with Crippen LogP contribution < -0.4 is 11.2 Å². The van der Waals surface area contributed by atoms with E-state index >= 15 is 0 Å². The molecule has 12 heteroatoms. The van der Waals surface area contributed by atoms with Crippen LogP contribution in [-0.2, 0) is 0 Å². The highest BCUT2D eigenvalue weighted by atomic mass is 35.5. The van der Waals surface area contributed by atoms with Gasteiger partial charge in [-0.25, -0.2) is 10.1 Å². The van der Waals surface area contributed by atoms with Crippen molar-refractivity contribution >= 4 is 41.1 Å². The molecule has 0 radical (unpaired) electrons. The van der Waals surface area contributed by atoms with Gasteiger partial charge in [0.05, 0.1) is 16.3 Å². The molecular formula is C19H14Cl2N8O2. The summed E-state index contributed by atoms with van der Waals surface area (Å²) < 4.78 is 5.93. The Bertz CT molecular complexity index is 1260. The van der Waals surface area contributed by atoms with Crippen molar-refractivity contribution in [3.05, 3.63) is 69.3 Å². The third-order valence-corrected chi connectivity index (χ3v) is 4.93. The molecule has 10 nitrogen and oxygen atoms in total. The van der Waals surface area contributed by atoms with Crippen LogP contribution in [0.5, 0.6) is 0 Å². The Balaban J connectivity index is 1.70. The summed E-state index contributed by atoms with van der Waals surface area (Å²) in [6.45, 7) is 1.95. The number of benzene rings is 2. The highest BCUT2D eigenvalue weighted by Gasteiger charge is 2.25. The van der Waals surface area contributed by atoms with Gasteiger partial charge in [0, 0.05) is 11.1 Å². The van der Waals surface area contributed by atoms with Gasteiger partial charge in [-0.2, -0.15) is 9.78 Å². The topological polar surface area (TPSA) is 137 Å². The molecule has 0 aliphatic carbocycles. The van der Waals surface area contributed by atoms with E-state index in [1.807, 2.05) is 31.2 Å². The number of amides is 1. The Morgan fingerprint density at radius 2 is 1.87 bits per heavy atom. The number of halogens is 2. The molecular weight excluding hydrogens is 443 g/mol. The minimum absolute atomic E-state index is 0.00315. The first-order chi connectivity index (χ1) is 15.0. The molecule has 1 amide bonds. The van der Waals surface area contributed by atoms with Gasteiger partial charge in [0.2, 0.25) is 11.6 Å². The van der Waals surface area contributed by atoms with Crippen LogP contribution in [0.15, 0.2) is 52.2 Å². The predicted octanol–water partition coefficient (Wildman–Crippen LogP) is 3.28. The normalized spacial score (nSPS) is 11.2. The lowest BCUT2D eigenvalue weighted by atomic mass is 10.1. The van der Waals surface area contributed by atoms with Crippen molar-refractivity contribution in [3.8, 4) is 17.1 Å². The zero-order chi connectivity index (χ0) is 22.0. The van der Waals surface area contributed by atoms with Crippen LogP contribution >= 0.6 is 23.2 Å². The number of nitrogens with zero attached hydrogens (tertiary/aromatic N) is 6. The summed E-state index contributed by atoms with van der Waals surface area (Å²) in [4.78, 5) is 12.8. The SMILES string of the molecule is Cc1ccc(-c2c(C(=O)N/N=C\c3c(Cl)cccc3Cl)nnn2-c2nonc2N)cc1. The zero-order valence-electron chi connectivity index (χ0n) is 16.0. The number of nitrogens with one attached hydrogen (secondary N) is 1. The van der Waals surface area contributed by atoms with Gasteiger partial charge in [-0.15, -0.1) is 5.10 Å². The molecule has 2 aromatic heterocycles. The number of anilines is 1. The maximum atomic E-state index is 12.8. The van der Waals surface area contributed by atoms with Gasteiger partial charge in [0.15, 0.2) is 5.69 Å². The van der Waals surface area contributed by atoms with E-state index in [2.05, 4.69) is 35.8 Å². The van der Waals surface area contributed by atoms with E-state index in [9.17, 15) is 4.79 Å². The summed E-state index contributed by atoms with van der Waals surface area (Å²) in [6.07, 6.45) is 1.35. The maximum Gasteiger partial charge on any atom is 0.294 e. The van der Waals surface area contributed by atoms with E-state index in [4.69, 9.17) is 28.9 Å². The fraction of sp³-hybridized carbons (Fsp3) is 0.0526. The van der Waals surface area contributed by atoms with Crippen molar-refractivity contribution in [2.45, 2.75) is 6.92 Å². The molecule has 31 heavy (non-hydrogen) atoms. The molecule has 0 fully saturated rings. The Kier molecular flexibility index (Phi) is 5.65. The van der Waals surface area contributed by atoms with Crippen LogP contribution in [0.2, 0.25) is 10.0 Å². The van der Waals surface area contributed by atoms with Crippen molar-refractivity contribution in [2.75, 3.05) is 5.73 Å². The second kappa shape index (κ2) is 8.54. The van der Waals surface area contributed by atoms with Crippen molar-refractivity contribution < 1.29 is 9.42 Å². The number of hydrogen-bond donors (Lipinski definition) is 2. The molecule has 0 bridgehead atoms. The molecule has 0 unspecified atom stereocenters. The number of carbonyl (C=O) groups excluding carboxylic acids is 1. The number of aromatic nitrogens is 5.